The van der Waals surface area contributed by atoms with Gasteiger partial charge in [-0.1, -0.05) is 26.0 Å². The third-order valence-corrected chi connectivity index (χ3v) is 3.71. The third-order valence-electron chi connectivity index (χ3n) is 3.71. The Hall–Kier alpha value is -1.02. The van der Waals surface area contributed by atoms with Crippen molar-refractivity contribution < 1.29 is 4.74 Å². The molecule has 2 heteroatoms. The average molecular weight is 219 g/mol. The maximum Gasteiger partial charge on any atom is 0.119 e. The number of methoxy groups -OCH3 is 1. The fourth-order valence-corrected chi connectivity index (χ4v) is 2.45. The molecule has 1 aromatic rings. The summed E-state index contributed by atoms with van der Waals surface area (Å²) in [6.45, 7) is 4.59. The van der Waals surface area contributed by atoms with Crippen LogP contribution >= 0.6 is 0 Å². The van der Waals surface area contributed by atoms with Crippen molar-refractivity contribution in [3.8, 4) is 5.75 Å². The highest BCUT2D eigenvalue weighted by Gasteiger charge is 2.48. The van der Waals surface area contributed by atoms with Crippen LogP contribution in [-0.2, 0) is 6.42 Å². The largest absolute Gasteiger partial charge is 0.497 e. The normalized spacial score (nSPS) is 23.9. The Morgan fingerprint density at radius 2 is 2.19 bits per heavy atom. The van der Waals surface area contributed by atoms with Gasteiger partial charge in [0.2, 0.25) is 0 Å². The summed E-state index contributed by atoms with van der Waals surface area (Å²) in [4.78, 5) is 0. The van der Waals surface area contributed by atoms with Crippen molar-refractivity contribution in [1.82, 2.24) is 0 Å². The van der Waals surface area contributed by atoms with Gasteiger partial charge < -0.3 is 10.5 Å². The van der Waals surface area contributed by atoms with Gasteiger partial charge in [-0.2, -0.15) is 0 Å². The average Bonchev–Trinajstić information content (AvgIpc) is 2.88. The highest BCUT2D eigenvalue weighted by molar-refractivity contribution is 5.29. The lowest BCUT2D eigenvalue weighted by Crippen LogP contribution is -2.27. The Kier molecular flexibility index (Phi) is 2.94. The minimum atomic E-state index is 0.280. The van der Waals surface area contributed by atoms with Gasteiger partial charge >= 0.3 is 0 Å². The van der Waals surface area contributed by atoms with Crippen molar-refractivity contribution >= 4 is 0 Å². The molecule has 88 valence electrons. The first-order valence-electron chi connectivity index (χ1n) is 5.91. The van der Waals surface area contributed by atoms with Gasteiger partial charge in [-0.3, -0.25) is 0 Å². The third kappa shape index (κ3) is 2.38. The topological polar surface area (TPSA) is 35.2 Å². The lowest BCUT2D eigenvalue weighted by atomic mass is 9.98. The Bertz CT molecular complexity index is 373. The van der Waals surface area contributed by atoms with Gasteiger partial charge in [0.25, 0.3) is 0 Å². The molecule has 0 radical (unpaired) electrons. The number of nitrogens with two attached hydrogens (primary N) is 1. The van der Waals surface area contributed by atoms with E-state index in [2.05, 4.69) is 26.0 Å². The summed E-state index contributed by atoms with van der Waals surface area (Å²) < 4.78 is 5.21. The standard InChI is InChI=1S/C14H21NO/c1-14(2)9-12(14)13(15)8-10-5-4-6-11(7-10)16-3/h4-7,12-13H,8-9,15H2,1-3H3. The van der Waals surface area contributed by atoms with Crippen LogP contribution in [0.15, 0.2) is 24.3 Å². The molecule has 2 N–H and O–H groups in total. The highest BCUT2D eigenvalue weighted by atomic mass is 16.5. The molecule has 1 fully saturated rings. The van der Waals surface area contributed by atoms with Crippen molar-refractivity contribution in [2.45, 2.75) is 32.7 Å². The number of hydrogen-bond acceptors (Lipinski definition) is 2. The molecule has 2 rings (SSSR count). The van der Waals surface area contributed by atoms with Crippen molar-refractivity contribution in [2.75, 3.05) is 7.11 Å². The van der Waals surface area contributed by atoms with Gasteiger partial charge in [0, 0.05) is 6.04 Å². The van der Waals surface area contributed by atoms with E-state index < -0.39 is 0 Å². The van der Waals surface area contributed by atoms with Crippen LogP contribution in [0.25, 0.3) is 0 Å². The van der Waals surface area contributed by atoms with E-state index >= 15 is 0 Å². The Labute approximate surface area is 97.8 Å². The summed E-state index contributed by atoms with van der Waals surface area (Å²) in [5, 5.41) is 0. The highest BCUT2D eigenvalue weighted by Crippen LogP contribution is 2.53. The monoisotopic (exact) mass is 219 g/mol. The molecule has 1 aromatic carbocycles. The van der Waals surface area contributed by atoms with Crippen LogP contribution in [-0.4, -0.2) is 13.2 Å². The van der Waals surface area contributed by atoms with Gasteiger partial charge in [0.1, 0.15) is 5.75 Å². The number of rotatable bonds is 4. The second-order valence-corrected chi connectivity index (χ2v) is 5.52. The summed E-state index contributed by atoms with van der Waals surface area (Å²) >= 11 is 0. The summed E-state index contributed by atoms with van der Waals surface area (Å²) in [6.07, 6.45) is 2.21. The molecular formula is C14H21NO. The maximum absolute atomic E-state index is 6.24. The van der Waals surface area contributed by atoms with Crippen molar-refractivity contribution in [2.24, 2.45) is 17.1 Å². The van der Waals surface area contributed by atoms with Crippen LogP contribution in [0, 0.1) is 11.3 Å². The summed E-state index contributed by atoms with van der Waals surface area (Å²) in [5.41, 5.74) is 7.97. The van der Waals surface area contributed by atoms with E-state index in [1.54, 1.807) is 7.11 Å². The molecule has 0 amide bonds. The second-order valence-electron chi connectivity index (χ2n) is 5.52. The molecular weight excluding hydrogens is 198 g/mol. The predicted octanol–water partition coefficient (Wildman–Crippen LogP) is 2.61. The van der Waals surface area contributed by atoms with E-state index in [0.717, 1.165) is 12.2 Å². The smallest absolute Gasteiger partial charge is 0.119 e. The van der Waals surface area contributed by atoms with E-state index in [1.807, 2.05) is 12.1 Å². The molecule has 0 heterocycles. The van der Waals surface area contributed by atoms with Crippen molar-refractivity contribution in [3.63, 3.8) is 0 Å². The Balaban J connectivity index is 1.98. The van der Waals surface area contributed by atoms with E-state index in [9.17, 15) is 0 Å². The van der Waals surface area contributed by atoms with Gasteiger partial charge in [0.05, 0.1) is 7.11 Å². The minimum Gasteiger partial charge on any atom is -0.497 e. The van der Waals surface area contributed by atoms with E-state index in [-0.39, 0.29) is 6.04 Å². The fourth-order valence-electron chi connectivity index (χ4n) is 2.45. The Morgan fingerprint density at radius 1 is 1.50 bits per heavy atom. The van der Waals surface area contributed by atoms with Gasteiger partial charge in [-0.05, 0) is 41.9 Å². The summed E-state index contributed by atoms with van der Waals surface area (Å²) in [5.74, 6) is 1.60. The minimum absolute atomic E-state index is 0.280. The zero-order valence-electron chi connectivity index (χ0n) is 10.4. The van der Waals surface area contributed by atoms with Gasteiger partial charge in [0.15, 0.2) is 0 Å². The SMILES string of the molecule is COc1cccc(CC(N)C2CC2(C)C)c1. The van der Waals surface area contributed by atoms with Crippen LogP contribution in [0.3, 0.4) is 0 Å². The lowest BCUT2D eigenvalue weighted by Gasteiger charge is -2.14. The van der Waals surface area contributed by atoms with Crippen LogP contribution in [0.5, 0.6) is 5.75 Å². The first kappa shape index (κ1) is 11.5. The number of hydrogen-bond donors (Lipinski definition) is 1. The van der Waals surface area contributed by atoms with Crippen LogP contribution in [0.1, 0.15) is 25.8 Å². The predicted molar refractivity (Wildman–Crippen MR) is 66.6 cm³/mol. The van der Waals surface area contributed by atoms with E-state index in [0.29, 0.717) is 11.3 Å². The summed E-state index contributed by atoms with van der Waals surface area (Å²) in [6, 6.07) is 8.48. The number of benzene rings is 1. The first-order chi connectivity index (χ1) is 7.53. The van der Waals surface area contributed by atoms with Crippen molar-refractivity contribution in [1.29, 1.82) is 0 Å². The molecule has 0 spiro atoms. The molecule has 16 heavy (non-hydrogen) atoms. The fraction of sp³-hybridized carbons (Fsp3) is 0.571. The van der Waals surface area contributed by atoms with Crippen molar-refractivity contribution in [3.05, 3.63) is 29.8 Å². The first-order valence-corrected chi connectivity index (χ1v) is 5.91. The second kappa shape index (κ2) is 4.10. The lowest BCUT2D eigenvalue weighted by molar-refractivity contribution is 0.413. The Morgan fingerprint density at radius 3 is 2.75 bits per heavy atom. The molecule has 0 saturated heterocycles. The molecule has 2 nitrogen and oxygen atoms in total. The van der Waals surface area contributed by atoms with Gasteiger partial charge in [-0.25, -0.2) is 0 Å². The molecule has 2 unspecified atom stereocenters. The zero-order valence-corrected chi connectivity index (χ0v) is 10.4. The molecule has 1 aliphatic rings. The van der Waals surface area contributed by atoms with Crippen LogP contribution in [0.4, 0.5) is 0 Å². The molecule has 0 bridgehead atoms. The zero-order chi connectivity index (χ0) is 11.8. The van der Waals surface area contributed by atoms with Gasteiger partial charge in [-0.15, -0.1) is 0 Å². The van der Waals surface area contributed by atoms with Crippen LogP contribution < -0.4 is 10.5 Å². The molecule has 0 aliphatic heterocycles. The quantitative estimate of drug-likeness (QED) is 0.845. The molecule has 1 saturated carbocycles. The van der Waals surface area contributed by atoms with Crippen LogP contribution in [0.2, 0.25) is 0 Å². The van der Waals surface area contributed by atoms with E-state index in [4.69, 9.17) is 10.5 Å². The molecule has 0 aromatic heterocycles. The molecule has 1 aliphatic carbocycles. The molecule has 2 atom stereocenters. The van der Waals surface area contributed by atoms with E-state index in [1.165, 1.54) is 12.0 Å². The number of ether oxygens (including phenoxy) is 1. The maximum atomic E-state index is 6.24. The summed E-state index contributed by atoms with van der Waals surface area (Å²) in [7, 11) is 1.70.